The highest BCUT2D eigenvalue weighted by Crippen LogP contribution is 2.33. The molecule has 2 aromatic rings. The highest BCUT2D eigenvalue weighted by molar-refractivity contribution is 5.86. The summed E-state index contributed by atoms with van der Waals surface area (Å²) >= 11 is 0. The molecule has 1 heterocycles. The number of aliphatic hydroxyl groups excluding tert-OH is 3. The molecule has 34 heavy (non-hydrogen) atoms. The van der Waals surface area contributed by atoms with Crippen LogP contribution in [-0.2, 0) is 20.7 Å². The Morgan fingerprint density at radius 2 is 1.79 bits per heavy atom. The van der Waals surface area contributed by atoms with Gasteiger partial charge in [0.05, 0.1) is 6.61 Å². The molecule has 1 fully saturated rings. The average molecular weight is 483 g/mol. The summed E-state index contributed by atoms with van der Waals surface area (Å²) in [6, 6.07) is 11.2. The first kappa shape index (κ1) is 25.6. The third-order valence-corrected chi connectivity index (χ3v) is 5.30. The standard InChI is InChI=1S/C23H24F3NO7/c1-12(29)27-19-21(32)20(31)17(11-28)34-22(19)33-16-8-3-2-7-15(16)14-6-4-5-13(9-14)10-18(30)23(24,25)26/h2-9,17,19-22,28,31-32H,10-11H2,1H3,(H,27,29)/t17?,19?,20-,21+,22+/m0/s1. The molecule has 2 unspecified atom stereocenters. The van der Waals surface area contributed by atoms with Gasteiger partial charge in [-0.15, -0.1) is 0 Å². The third kappa shape index (κ3) is 5.92. The van der Waals surface area contributed by atoms with E-state index in [4.69, 9.17) is 9.47 Å². The van der Waals surface area contributed by atoms with Crippen molar-refractivity contribution in [3.8, 4) is 16.9 Å². The fourth-order valence-corrected chi connectivity index (χ4v) is 3.64. The number of amides is 1. The Morgan fingerprint density at radius 1 is 1.09 bits per heavy atom. The molecule has 11 heteroatoms. The summed E-state index contributed by atoms with van der Waals surface area (Å²) in [6.07, 6.45) is -11.3. The number of carbonyl (C=O) groups excluding carboxylic acids is 2. The summed E-state index contributed by atoms with van der Waals surface area (Å²) in [5.74, 6) is -2.20. The quantitative estimate of drug-likeness (QED) is 0.469. The number of hydrogen-bond acceptors (Lipinski definition) is 7. The monoisotopic (exact) mass is 483 g/mol. The van der Waals surface area contributed by atoms with Crippen LogP contribution in [0.15, 0.2) is 48.5 Å². The summed E-state index contributed by atoms with van der Waals surface area (Å²) in [5, 5.41) is 32.5. The van der Waals surface area contributed by atoms with Crippen LogP contribution in [0.5, 0.6) is 5.75 Å². The first-order valence-electron chi connectivity index (χ1n) is 10.4. The largest absolute Gasteiger partial charge is 0.462 e. The van der Waals surface area contributed by atoms with Gasteiger partial charge in [-0.1, -0.05) is 42.5 Å². The van der Waals surface area contributed by atoms with E-state index in [9.17, 15) is 38.1 Å². The number of para-hydroxylation sites is 1. The summed E-state index contributed by atoms with van der Waals surface area (Å²) in [6.45, 7) is 0.581. The maximum Gasteiger partial charge on any atom is 0.450 e. The van der Waals surface area contributed by atoms with Crippen LogP contribution >= 0.6 is 0 Å². The Bertz CT molecular complexity index is 1030. The van der Waals surface area contributed by atoms with Crippen LogP contribution in [0.4, 0.5) is 13.2 Å². The smallest absolute Gasteiger partial charge is 0.450 e. The first-order chi connectivity index (χ1) is 16.0. The molecule has 0 aliphatic carbocycles. The van der Waals surface area contributed by atoms with E-state index in [2.05, 4.69) is 5.32 Å². The average Bonchev–Trinajstić information content (AvgIpc) is 2.78. The highest BCUT2D eigenvalue weighted by atomic mass is 19.4. The van der Waals surface area contributed by atoms with Gasteiger partial charge in [-0.25, -0.2) is 0 Å². The third-order valence-electron chi connectivity index (χ3n) is 5.30. The van der Waals surface area contributed by atoms with Crippen LogP contribution in [-0.4, -0.2) is 70.4 Å². The molecule has 0 bridgehead atoms. The molecule has 5 atom stereocenters. The molecule has 1 aliphatic rings. The number of rotatable bonds is 7. The van der Waals surface area contributed by atoms with E-state index < -0.39 is 61.5 Å². The molecule has 1 saturated heterocycles. The zero-order chi connectivity index (χ0) is 25.0. The van der Waals surface area contributed by atoms with Crippen molar-refractivity contribution in [1.82, 2.24) is 5.32 Å². The molecule has 3 rings (SSSR count). The summed E-state index contributed by atoms with van der Waals surface area (Å²) in [7, 11) is 0. The van der Waals surface area contributed by atoms with Gasteiger partial charge in [-0.2, -0.15) is 13.2 Å². The fourth-order valence-electron chi connectivity index (χ4n) is 3.64. The minimum Gasteiger partial charge on any atom is -0.462 e. The lowest BCUT2D eigenvalue weighted by Gasteiger charge is -2.42. The maximum atomic E-state index is 12.7. The number of ketones is 1. The molecule has 4 N–H and O–H groups in total. The molecule has 0 spiro atoms. The van der Waals surface area contributed by atoms with Crippen molar-refractivity contribution in [3.63, 3.8) is 0 Å². The van der Waals surface area contributed by atoms with Crippen molar-refractivity contribution in [2.24, 2.45) is 0 Å². The van der Waals surface area contributed by atoms with E-state index >= 15 is 0 Å². The van der Waals surface area contributed by atoms with Crippen LogP contribution in [0.1, 0.15) is 12.5 Å². The van der Waals surface area contributed by atoms with Crippen LogP contribution in [0, 0.1) is 0 Å². The SMILES string of the molecule is CC(=O)NC1[C@H](Oc2ccccc2-c2cccc(CC(=O)C(F)(F)F)c2)OC(CO)[C@H](O)[C@@H]1O. The van der Waals surface area contributed by atoms with Gasteiger partial charge < -0.3 is 30.1 Å². The van der Waals surface area contributed by atoms with Gasteiger partial charge in [0.1, 0.15) is 30.1 Å². The number of halogens is 3. The number of hydrogen-bond donors (Lipinski definition) is 4. The van der Waals surface area contributed by atoms with Crippen LogP contribution in [0.25, 0.3) is 11.1 Å². The normalized spacial score (nSPS) is 25.0. The number of Topliss-reactive ketones (excluding diaryl/α,β-unsaturated/α-hetero) is 1. The Labute approximate surface area is 192 Å². The molecule has 0 saturated carbocycles. The van der Waals surface area contributed by atoms with E-state index in [1.807, 2.05) is 0 Å². The number of carbonyl (C=O) groups is 2. The van der Waals surface area contributed by atoms with Crippen molar-refractivity contribution < 1.29 is 47.6 Å². The van der Waals surface area contributed by atoms with Gasteiger partial charge in [0, 0.05) is 18.9 Å². The summed E-state index contributed by atoms with van der Waals surface area (Å²) in [4.78, 5) is 23.0. The predicted octanol–water partition coefficient (Wildman–Crippen LogP) is 1.35. The zero-order valence-electron chi connectivity index (χ0n) is 18.0. The molecule has 0 radical (unpaired) electrons. The van der Waals surface area contributed by atoms with E-state index in [1.54, 1.807) is 30.3 Å². The fraction of sp³-hybridized carbons (Fsp3) is 0.391. The van der Waals surface area contributed by atoms with Crippen molar-refractivity contribution in [2.45, 2.75) is 50.2 Å². The van der Waals surface area contributed by atoms with E-state index in [-0.39, 0.29) is 11.3 Å². The van der Waals surface area contributed by atoms with Gasteiger partial charge >= 0.3 is 6.18 Å². The number of alkyl halides is 3. The van der Waals surface area contributed by atoms with Crippen LogP contribution in [0.2, 0.25) is 0 Å². The lowest BCUT2D eigenvalue weighted by atomic mass is 9.96. The van der Waals surface area contributed by atoms with E-state index in [0.717, 1.165) is 0 Å². The molecular weight excluding hydrogens is 459 g/mol. The predicted molar refractivity (Wildman–Crippen MR) is 113 cm³/mol. The van der Waals surface area contributed by atoms with Crippen LogP contribution in [0.3, 0.4) is 0 Å². The topological polar surface area (TPSA) is 125 Å². The second-order valence-electron chi connectivity index (χ2n) is 7.85. The summed E-state index contributed by atoms with van der Waals surface area (Å²) < 4.78 is 49.5. The van der Waals surface area contributed by atoms with E-state index in [1.165, 1.54) is 25.1 Å². The molecular formula is C23H24F3NO7. The van der Waals surface area contributed by atoms with Crippen molar-refractivity contribution in [1.29, 1.82) is 0 Å². The Kier molecular flexibility index (Phi) is 7.93. The van der Waals surface area contributed by atoms with Gasteiger partial charge in [-0.05, 0) is 17.2 Å². The molecule has 2 aromatic carbocycles. The lowest BCUT2D eigenvalue weighted by Crippen LogP contribution is -2.65. The maximum absolute atomic E-state index is 12.7. The lowest BCUT2D eigenvalue weighted by molar-refractivity contribution is -0.244. The van der Waals surface area contributed by atoms with Crippen LogP contribution < -0.4 is 10.1 Å². The minimum atomic E-state index is -4.94. The Hall–Kier alpha value is -2.99. The molecule has 1 aliphatic heterocycles. The van der Waals surface area contributed by atoms with Crippen molar-refractivity contribution >= 4 is 11.7 Å². The summed E-state index contributed by atoms with van der Waals surface area (Å²) in [5.41, 5.74) is 1.04. The van der Waals surface area contributed by atoms with Gasteiger partial charge in [-0.3, -0.25) is 9.59 Å². The minimum absolute atomic E-state index is 0.151. The van der Waals surface area contributed by atoms with Crippen molar-refractivity contribution in [2.75, 3.05) is 6.61 Å². The van der Waals surface area contributed by atoms with Gasteiger partial charge in [0.15, 0.2) is 0 Å². The second-order valence-corrected chi connectivity index (χ2v) is 7.85. The van der Waals surface area contributed by atoms with Gasteiger partial charge in [0.2, 0.25) is 18.0 Å². The van der Waals surface area contributed by atoms with E-state index in [0.29, 0.717) is 11.1 Å². The first-order valence-corrected chi connectivity index (χ1v) is 10.4. The highest BCUT2D eigenvalue weighted by Gasteiger charge is 2.46. The number of nitrogens with one attached hydrogen (secondary N) is 1. The molecule has 0 aromatic heterocycles. The number of benzene rings is 2. The van der Waals surface area contributed by atoms with Gasteiger partial charge in [0.25, 0.3) is 0 Å². The second kappa shape index (κ2) is 10.5. The number of aliphatic hydroxyl groups is 3. The number of ether oxygens (including phenoxy) is 2. The Morgan fingerprint density at radius 3 is 2.44 bits per heavy atom. The molecule has 8 nitrogen and oxygen atoms in total. The zero-order valence-corrected chi connectivity index (χ0v) is 18.0. The van der Waals surface area contributed by atoms with Crippen molar-refractivity contribution in [3.05, 3.63) is 54.1 Å². The molecule has 184 valence electrons. The Balaban J connectivity index is 1.91. The molecule has 1 amide bonds.